The summed E-state index contributed by atoms with van der Waals surface area (Å²) in [6.07, 6.45) is -0.578. The number of rotatable bonds is 10. The molecule has 0 spiro atoms. The van der Waals surface area contributed by atoms with Gasteiger partial charge in [-0.3, -0.25) is 4.79 Å². The van der Waals surface area contributed by atoms with Crippen molar-refractivity contribution in [3.63, 3.8) is 0 Å². The number of carbonyl (C=O) groups is 1. The monoisotopic (exact) mass is 523 g/mol. The molecule has 0 heterocycles. The molecular formula is C32H36F3NO2. The third kappa shape index (κ3) is 6.40. The quantitative estimate of drug-likeness (QED) is 0.270. The molecule has 1 fully saturated rings. The van der Waals surface area contributed by atoms with Gasteiger partial charge in [-0.05, 0) is 66.1 Å². The van der Waals surface area contributed by atoms with Gasteiger partial charge in [0, 0.05) is 20.0 Å². The van der Waals surface area contributed by atoms with E-state index in [2.05, 4.69) is 38.1 Å². The van der Waals surface area contributed by atoms with Gasteiger partial charge in [0.2, 0.25) is 5.91 Å². The van der Waals surface area contributed by atoms with Crippen LogP contribution < -0.4 is 4.74 Å². The van der Waals surface area contributed by atoms with Crippen LogP contribution in [0.5, 0.6) is 5.75 Å². The zero-order valence-electron chi connectivity index (χ0n) is 22.3. The van der Waals surface area contributed by atoms with Crippen molar-refractivity contribution in [1.82, 2.24) is 4.90 Å². The Morgan fingerprint density at radius 1 is 0.947 bits per heavy atom. The number of ether oxygens (including phenoxy) is 1. The Balaban J connectivity index is 1.46. The Morgan fingerprint density at radius 3 is 2.11 bits per heavy atom. The number of carbonyl (C=O) groups excluding carboxylic acids is 1. The van der Waals surface area contributed by atoms with E-state index in [1.165, 1.54) is 17.7 Å². The highest BCUT2D eigenvalue weighted by molar-refractivity contribution is 5.89. The number of likely N-dealkylation sites (N-methyl/N-ethyl adjacent to an activating group) is 1. The average molecular weight is 524 g/mol. The van der Waals surface area contributed by atoms with Gasteiger partial charge in [-0.2, -0.15) is 13.2 Å². The van der Waals surface area contributed by atoms with Crippen LogP contribution in [0, 0.1) is 5.92 Å². The number of alkyl halides is 3. The predicted octanol–water partition coefficient (Wildman–Crippen LogP) is 7.99. The smallest absolute Gasteiger partial charge is 0.416 e. The maximum Gasteiger partial charge on any atom is 0.416 e. The van der Waals surface area contributed by atoms with Gasteiger partial charge in [0.1, 0.15) is 11.9 Å². The fraction of sp³-hybridized carbons (Fsp3) is 0.406. The molecule has 1 aliphatic rings. The number of nitrogens with zero attached hydrogens (tertiary/aromatic N) is 1. The largest absolute Gasteiger partial charge is 0.486 e. The van der Waals surface area contributed by atoms with Gasteiger partial charge in [0.05, 0.1) is 11.0 Å². The minimum Gasteiger partial charge on any atom is -0.486 e. The lowest BCUT2D eigenvalue weighted by Crippen LogP contribution is -2.50. The topological polar surface area (TPSA) is 29.5 Å². The first-order chi connectivity index (χ1) is 18.1. The molecule has 1 aliphatic carbocycles. The minimum atomic E-state index is -4.40. The summed E-state index contributed by atoms with van der Waals surface area (Å²) in [5.74, 6) is 1.05. The molecule has 3 aromatic rings. The third-order valence-corrected chi connectivity index (χ3v) is 7.47. The van der Waals surface area contributed by atoms with E-state index in [1.807, 2.05) is 37.4 Å². The van der Waals surface area contributed by atoms with E-state index in [9.17, 15) is 18.0 Å². The van der Waals surface area contributed by atoms with Gasteiger partial charge in [0.15, 0.2) is 0 Å². The van der Waals surface area contributed by atoms with Crippen molar-refractivity contribution < 1.29 is 22.7 Å². The molecule has 1 saturated carbocycles. The summed E-state index contributed by atoms with van der Waals surface area (Å²) >= 11 is 0. The second-order valence-corrected chi connectivity index (χ2v) is 10.8. The van der Waals surface area contributed by atoms with E-state index in [4.69, 9.17) is 4.74 Å². The summed E-state index contributed by atoms with van der Waals surface area (Å²) in [7, 11) is 1.83. The maximum atomic E-state index is 13.7. The first kappa shape index (κ1) is 27.7. The first-order valence-corrected chi connectivity index (χ1v) is 13.3. The van der Waals surface area contributed by atoms with Crippen molar-refractivity contribution in [2.45, 2.75) is 63.6 Å². The molecular weight excluding hydrogens is 487 g/mol. The van der Waals surface area contributed by atoms with Crippen LogP contribution in [0.3, 0.4) is 0 Å². The van der Waals surface area contributed by atoms with Gasteiger partial charge >= 0.3 is 6.18 Å². The number of hydrogen-bond acceptors (Lipinski definition) is 2. The lowest BCUT2D eigenvalue weighted by atomic mass is 9.63. The molecule has 4 rings (SSSR count). The highest BCUT2D eigenvalue weighted by Gasteiger charge is 2.47. The third-order valence-electron chi connectivity index (χ3n) is 7.47. The van der Waals surface area contributed by atoms with Crippen LogP contribution in [0.1, 0.15) is 67.9 Å². The Bertz CT molecular complexity index is 1180. The van der Waals surface area contributed by atoms with Gasteiger partial charge in [-0.25, -0.2) is 0 Å². The van der Waals surface area contributed by atoms with Crippen LogP contribution in [0.4, 0.5) is 13.2 Å². The summed E-state index contributed by atoms with van der Waals surface area (Å²) in [4.78, 5) is 15.5. The molecule has 3 aromatic carbocycles. The fourth-order valence-corrected chi connectivity index (χ4v) is 5.21. The standard InChI is InChI=1S/C32H36F3NO2/c1-23(2)22-24-10-12-26(13-11-24)31(19-7-20-31)30(37)36(3)21-18-29(25-8-5-4-6-9-25)38-28-16-14-27(15-17-28)32(33,34)35/h4-6,8-17,23,29H,7,18-22H2,1-3H3. The lowest BCUT2D eigenvalue weighted by molar-refractivity contribution is -0.140. The van der Waals surface area contributed by atoms with E-state index >= 15 is 0 Å². The molecule has 3 nitrogen and oxygen atoms in total. The zero-order valence-corrected chi connectivity index (χ0v) is 22.3. The molecule has 6 heteroatoms. The van der Waals surface area contributed by atoms with Crippen LogP contribution in [-0.4, -0.2) is 24.4 Å². The molecule has 1 atom stereocenters. The van der Waals surface area contributed by atoms with E-state index in [-0.39, 0.29) is 5.91 Å². The van der Waals surface area contributed by atoms with Crippen LogP contribution in [0.2, 0.25) is 0 Å². The molecule has 1 amide bonds. The van der Waals surface area contributed by atoms with Crippen molar-refractivity contribution in [3.8, 4) is 5.75 Å². The Morgan fingerprint density at radius 2 is 1.58 bits per heavy atom. The van der Waals surface area contributed by atoms with Crippen LogP contribution in [0.25, 0.3) is 0 Å². The average Bonchev–Trinajstić information content (AvgIpc) is 2.86. The van der Waals surface area contributed by atoms with E-state index < -0.39 is 23.3 Å². The van der Waals surface area contributed by atoms with E-state index in [1.54, 1.807) is 4.90 Å². The molecule has 1 unspecified atom stereocenters. The maximum absolute atomic E-state index is 13.7. The predicted molar refractivity (Wildman–Crippen MR) is 144 cm³/mol. The zero-order chi connectivity index (χ0) is 27.3. The first-order valence-electron chi connectivity index (χ1n) is 13.3. The van der Waals surface area contributed by atoms with Crippen molar-refractivity contribution in [2.24, 2.45) is 5.92 Å². The summed E-state index contributed by atoms with van der Waals surface area (Å²) in [5.41, 5.74) is 2.07. The number of hydrogen-bond donors (Lipinski definition) is 0. The Labute approximate surface area is 223 Å². The Kier molecular flexibility index (Phi) is 8.49. The van der Waals surface area contributed by atoms with Crippen molar-refractivity contribution in [3.05, 3.63) is 101 Å². The number of amides is 1. The molecule has 0 radical (unpaired) electrons. The van der Waals surface area contributed by atoms with Crippen LogP contribution in [0.15, 0.2) is 78.9 Å². The van der Waals surface area contributed by atoms with Gasteiger partial charge in [0.25, 0.3) is 0 Å². The van der Waals surface area contributed by atoms with E-state index in [0.717, 1.165) is 48.9 Å². The van der Waals surface area contributed by atoms with Crippen molar-refractivity contribution in [2.75, 3.05) is 13.6 Å². The SMILES string of the molecule is CC(C)Cc1ccc(C2(C(=O)N(C)CCC(Oc3ccc(C(F)(F)F)cc3)c3ccccc3)CCC2)cc1. The summed E-state index contributed by atoms with van der Waals surface area (Å²) in [5, 5.41) is 0. The van der Waals surface area contributed by atoms with Gasteiger partial charge in [-0.1, -0.05) is 74.9 Å². The Hall–Kier alpha value is -3.28. The van der Waals surface area contributed by atoms with Gasteiger partial charge < -0.3 is 9.64 Å². The van der Waals surface area contributed by atoms with E-state index in [0.29, 0.717) is 24.6 Å². The minimum absolute atomic E-state index is 0.113. The molecule has 0 saturated heterocycles. The number of benzene rings is 3. The van der Waals surface area contributed by atoms with Crippen LogP contribution in [-0.2, 0) is 22.8 Å². The van der Waals surface area contributed by atoms with Crippen LogP contribution >= 0.6 is 0 Å². The molecule has 0 aliphatic heterocycles. The molecule has 0 N–H and O–H groups in total. The molecule has 38 heavy (non-hydrogen) atoms. The highest BCUT2D eigenvalue weighted by Crippen LogP contribution is 2.45. The van der Waals surface area contributed by atoms with Crippen molar-refractivity contribution in [1.29, 1.82) is 0 Å². The molecule has 202 valence electrons. The lowest BCUT2D eigenvalue weighted by Gasteiger charge is -2.43. The second-order valence-electron chi connectivity index (χ2n) is 10.8. The summed E-state index contributed by atoms with van der Waals surface area (Å²) in [6, 6.07) is 22.8. The second kappa shape index (κ2) is 11.6. The summed E-state index contributed by atoms with van der Waals surface area (Å²) < 4.78 is 45.1. The molecule has 0 aromatic heterocycles. The van der Waals surface area contributed by atoms with Gasteiger partial charge in [-0.15, -0.1) is 0 Å². The highest BCUT2D eigenvalue weighted by atomic mass is 19.4. The summed E-state index contributed by atoms with van der Waals surface area (Å²) in [6.45, 7) is 4.86. The molecule has 0 bridgehead atoms. The number of halogens is 3. The normalized spacial score (nSPS) is 15.6. The fourth-order valence-electron chi connectivity index (χ4n) is 5.21. The van der Waals surface area contributed by atoms with Crippen molar-refractivity contribution >= 4 is 5.91 Å².